The Labute approximate surface area is 139 Å². The molecule has 5 heteroatoms. The van der Waals surface area contributed by atoms with Gasteiger partial charge in [0.1, 0.15) is 23.7 Å². The van der Waals surface area contributed by atoms with Crippen molar-refractivity contribution in [1.82, 2.24) is 0 Å². The van der Waals surface area contributed by atoms with Crippen LogP contribution in [0.15, 0.2) is 42.5 Å². The van der Waals surface area contributed by atoms with Gasteiger partial charge in [-0.05, 0) is 42.5 Å². The Hall–Kier alpha value is -2.25. The summed E-state index contributed by atoms with van der Waals surface area (Å²) in [6, 6.07) is 13.7. The van der Waals surface area contributed by atoms with Crippen LogP contribution in [-0.2, 0) is 0 Å². The SMILES string of the molecule is N#Cc1ccc(N2CCC(Oc3ccc(F)cc3)CC2)cc1Cl. The molecule has 118 valence electrons. The van der Waals surface area contributed by atoms with Crippen LogP contribution in [0.3, 0.4) is 0 Å². The number of benzene rings is 2. The highest BCUT2D eigenvalue weighted by atomic mass is 35.5. The van der Waals surface area contributed by atoms with Crippen LogP contribution in [0.1, 0.15) is 18.4 Å². The van der Waals surface area contributed by atoms with Crippen LogP contribution in [0.2, 0.25) is 5.02 Å². The Morgan fingerprint density at radius 1 is 1.13 bits per heavy atom. The largest absolute Gasteiger partial charge is 0.490 e. The molecular weight excluding hydrogens is 315 g/mol. The molecule has 0 radical (unpaired) electrons. The van der Waals surface area contributed by atoms with Gasteiger partial charge in [0.05, 0.1) is 10.6 Å². The molecular formula is C18H16ClFN2O. The molecule has 0 saturated carbocycles. The van der Waals surface area contributed by atoms with Gasteiger partial charge in [-0.2, -0.15) is 5.26 Å². The summed E-state index contributed by atoms with van der Waals surface area (Å²) < 4.78 is 18.8. The quantitative estimate of drug-likeness (QED) is 0.837. The Morgan fingerprint density at radius 3 is 2.43 bits per heavy atom. The van der Waals surface area contributed by atoms with Crippen molar-refractivity contribution >= 4 is 17.3 Å². The summed E-state index contributed by atoms with van der Waals surface area (Å²) in [5.41, 5.74) is 1.51. The van der Waals surface area contributed by atoms with Crippen LogP contribution in [0.4, 0.5) is 10.1 Å². The van der Waals surface area contributed by atoms with Crippen molar-refractivity contribution in [3.8, 4) is 11.8 Å². The van der Waals surface area contributed by atoms with Crippen LogP contribution in [0.25, 0.3) is 0 Å². The fourth-order valence-electron chi connectivity index (χ4n) is 2.73. The lowest BCUT2D eigenvalue weighted by atomic mass is 10.1. The number of halogens is 2. The summed E-state index contributed by atoms with van der Waals surface area (Å²) >= 11 is 6.09. The number of hydrogen-bond acceptors (Lipinski definition) is 3. The summed E-state index contributed by atoms with van der Waals surface area (Å²) in [5.74, 6) is 0.441. The van der Waals surface area contributed by atoms with Gasteiger partial charge in [0.15, 0.2) is 0 Å². The van der Waals surface area contributed by atoms with E-state index >= 15 is 0 Å². The summed E-state index contributed by atoms with van der Waals surface area (Å²) in [4.78, 5) is 2.23. The monoisotopic (exact) mass is 330 g/mol. The first-order valence-corrected chi connectivity index (χ1v) is 7.90. The van der Waals surface area contributed by atoms with E-state index in [4.69, 9.17) is 21.6 Å². The standard InChI is InChI=1S/C18H16ClFN2O/c19-18-11-15(4-1-13(18)12-21)22-9-7-17(8-10-22)23-16-5-2-14(20)3-6-16/h1-6,11,17H,7-10H2. The molecule has 1 aliphatic heterocycles. The zero-order valence-corrected chi connectivity index (χ0v) is 13.3. The van der Waals surface area contributed by atoms with E-state index in [-0.39, 0.29) is 11.9 Å². The third-order valence-electron chi connectivity index (χ3n) is 4.00. The number of nitrogens with zero attached hydrogens (tertiary/aromatic N) is 2. The average molecular weight is 331 g/mol. The lowest BCUT2D eigenvalue weighted by Gasteiger charge is -2.33. The van der Waals surface area contributed by atoms with Crippen molar-refractivity contribution in [2.75, 3.05) is 18.0 Å². The lowest BCUT2D eigenvalue weighted by Crippen LogP contribution is -2.38. The van der Waals surface area contributed by atoms with Crippen LogP contribution < -0.4 is 9.64 Å². The fraction of sp³-hybridized carbons (Fsp3) is 0.278. The second-order valence-corrected chi connectivity index (χ2v) is 5.94. The first-order chi connectivity index (χ1) is 11.2. The zero-order valence-electron chi connectivity index (χ0n) is 12.5. The second kappa shape index (κ2) is 6.89. The van der Waals surface area contributed by atoms with Crippen LogP contribution in [0, 0.1) is 17.1 Å². The molecule has 0 bridgehead atoms. The number of ether oxygens (including phenoxy) is 1. The Bertz CT molecular complexity index is 719. The molecule has 0 N–H and O–H groups in total. The molecule has 0 unspecified atom stereocenters. The van der Waals surface area contributed by atoms with Crippen molar-refractivity contribution < 1.29 is 9.13 Å². The molecule has 1 fully saturated rings. The normalized spacial score (nSPS) is 15.3. The number of hydrogen-bond donors (Lipinski definition) is 0. The van der Waals surface area contributed by atoms with E-state index in [1.54, 1.807) is 18.2 Å². The van der Waals surface area contributed by atoms with Crippen LogP contribution in [-0.4, -0.2) is 19.2 Å². The van der Waals surface area contributed by atoms with Crippen molar-refractivity contribution in [2.45, 2.75) is 18.9 Å². The van der Waals surface area contributed by atoms with E-state index in [1.807, 2.05) is 12.1 Å². The molecule has 1 aliphatic rings. The summed E-state index contributed by atoms with van der Waals surface area (Å²) in [6.45, 7) is 1.71. The van der Waals surface area contributed by atoms with Crippen molar-refractivity contribution in [3.63, 3.8) is 0 Å². The summed E-state index contributed by atoms with van der Waals surface area (Å²) in [6.07, 6.45) is 1.90. The number of rotatable bonds is 3. The van der Waals surface area contributed by atoms with E-state index in [0.29, 0.717) is 16.3 Å². The molecule has 1 heterocycles. The van der Waals surface area contributed by atoms with Crippen molar-refractivity contribution in [1.29, 1.82) is 5.26 Å². The molecule has 0 aromatic heterocycles. The topological polar surface area (TPSA) is 36.3 Å². The maximum Gasteiger partial charge on any atom is 0.123 e. The maximum absolute atomic E-state index is 12.9. The zero-order chi connectivity index (χ0) is 16.2. The molecule has 3 nitrogen and oxygen atoms in total. The van der Waals surface area contributed by atoms with Crippen LogP contribution >= 0.6 is 11.6 Å². The minimum Gasteiger partial charge on any atom is -0.490 e. The smallest absolute Gasteiger partial charge is 0.123 e. The first kappa shape index (κ1) is 15.6. The van der Waals surface area contributed by atoms with Crippen molar-refractivity contribution in [3.05, 3.63) is 58.9 Å². The van der Waals surface area contributed by atoms with E-state index in [0.717, 1.165) is 31.6 Å². The first-order valence-electron chi connectivity index (χ1n) is 7.52. The molecule has 0 aliphatic carbocycles. The Kier molecular flexibility index (Phi) is 4.68. The van der Waals surface area contributed by atoms with Gasteiger partial charge < -0.3 is 9.64 Å². The van der Waals surface area contributed by atoms with E-state index in [1.165, 1.54) is 12.1 Å². The number of nitriles is 1. The van der Waals surface area contributed by atoms with Crippen molar-refractivity contribution in [2.24, 2.45) is 0 Å². The average Bonchev–Trinajstić information content (AvgIpc) is 2.57. The lowest BCUT2D eigenvalue weighted by molar-refractivity contribution is 0.171. The molecule has 23 heavy (non-hydrogen) atoms. The van der Waals surface area contributed by atoms with Gasteiger partial charge in [0, 0.05) is 31.6 Å². The van der Waals surface area contributed by atoms with Crippen LogP contribution in [0.5, 0.6) is 5.75 Å². The predicted molar refractivity (Wildman–Crippen MR) is 88.4 cm³/mol. The molecule has 2 aromatic rings. The second-order valence-electron chi connectivity index (χ2n) is 5.53. The van der Waals surface area contributed by atoms with Gasteiger partial charge in [-0.25, -0.2) is 4.39 Å². The minimum absolute atomic E-state index is 0.130. The maximum atomic E-state index is 12.9. The minimum atomic E-state index is -0.259. The third-order valence-corrected chi connectivity index (χ3v) is 4.31. The van der Waals surface area contributed by atoms with Gasteiger partial charge >= 0.3 is 0 Å². The molecule has 2 aromatic carbocycles. The summed E-state index contributed by atoms with van der Waals surface area (Å²) in [5, 5.41) is 9.40. The van der Waals surface area contributed by atoms with Gasteiger partial charge in [-0.15, -0.1) is 0 Å². The van der Waals surface area contributed by atoms with E-state index < -0.39 is 0 Å². The fourth-order valence-corrected chi connectivity index (χ4v) is 2.95. The van der Waals surface area contributed by atoms with E-state index in [9.17, 15) is 4.39 Å². The highest BCUT2D eigenvalue weighted by Gasteiger charge is 2.21. The summed E-state index contributed by atoms with van der Waals surface area (Å²) in [7, 11) is 0. The van der Waals surface area contributed by atoms with Gasteiger partial charge in [-0.3, -0.25) is 0 Å². The van der Waals surface area contributed by atoms with Gasteiger partial charge in [-0.1, -0.05) is 11.6 Å². The van der Waals surface area contributed by atoms with E-state index in [2.05, 4.69) is 11.0 Å². The molecule has 0 spiro atoms. The predicted octanol–water partition coefficient (Wildman–Crippen LogP) is 4.40. The number of piperidine rings is 1. The molecule has 0 atom stereocenters. The van der Waals surface area contributed by atoms with Gasteiger partial charge in [0.25, 0.3) is 0 Å². The highest BCUT2D eigenvalue weighted by molar-refractivity contribution is 6.32. The highest BCUT2D eigenvalue weighted by Crippen LogP contribution is 2.27. The Balaban J connectivity index is 1.59. The van der Waals surface area contributed by atoms with Gasteiger partial charge in [0.2, 0.25) is 0 Å². The molecule has 0 amide bonds. The Morgan fingerprint density at radius 2 is 1.83 bits per heavy atom. The molecule has 3 rings (SSSR count). The third kappa shape index (κ3) is 3.75. The molecule has 1 saturated heterocycles. The number of anilines is 1.